The number of aromatic nitrogens is 2. The molecule has 7 heteroatoms. The number of nitrogens with one attached hydrogen (secondary N) is 1. The molecule has 1 N–H and O–H groups in total. The molecule has 18 heavy (non-hydrogen) atoms. The largest absolute Gasteiger partial charge is 0.383 e. The van der Waals surface area contributed by atoms with Crippen LogP contribution in [0.5, 0.6) is 0 Å². The molecule has 0 aliphatic heterocycles. The minimum atomic E-state index is -2.93. The first-order valence-electron chi connectivity index (χ1n) is 5.99. The van der Waals surface area contributed by atoms with Gasteiger partial charge in [0.25, 0.3) is 0 Å². The lowest BCUT2D eigenvalue weighted by Gasteiger charge is -2.08. The van der Waals surface area contributed by atoms with Crippen LogP contribution in [0.4, 0.5) is 0 Å². The number of hydrogen-bond acceptors (Lipinski definition) is 5. The van der Waals surface area contributed by atoms with Crippen molar-refractivity contribution in [3.63, 3.8) is 0 Å². The van der Waals surface area contributed by atoms with Gasteiger partial charge in [0, 0.05) is 38.3 Å². The first-order valence-corrected chi connectivity index (χ1v) is 7.81. The predicted octanol–water partition coefficient (Wildman–Crippen LogP) is 0.0538. The SMILES string of the molecule is CCS(=O)(=O)CCn1ccnc1CNCCOC. The minimum Gasteiger partial charge on any atom is -0.383 e. The zero-order chi connectivity index (χ0) is 13.4. The molecular weight excluding hydrogens is 254 g/mol. The van der Waals surface area contributed by atoms with Crippen molar-refractivity contribution >= 4 is 9.84 Å². The lowest BCUT2D eigenvalue weighted by molar-refractivity contribution is 0.199. The van der Waals surface area contributed by atoms with E-state index in [1.54, 1.807) is 26.4 Å². The highest BCUT2D eigenvalue weighted by molar-refractivity contribution is 7.91. The van der Waals surface area contributed by atoms with E-state index in [4.69, 9.17) is 4.74 Å². The lowest BCUT2D eigenvalue weighted by Crippen LogP contribution is -2.22. The summed E-state index contributed by atoms with van der Waals surface area (Å²) < 4.78 is 29.7. The molecule has 0 spiro atoms. The van der Waals surface area contributed by atoms with Crippen LogP contribution in [0.1, 0.15) is 12.7 Å². The van der Waals surface area contributed by atoms with Crippen LogP contribution in [0.3, 0.4) is 0 Å². The number of methoxy groups -OCH3 is 1. The number of nitrogens with zero attached hydrogens (tertiary/aromatic N) is 2. The monoisotopic (exact) mass is 275 g/mol. The van der Waals surface area contributed by atoms with E-state index < -0.39 is 9.84 Å². The second-order valence-electron chi connectivity index (χ2n) is 3.94. The third kappa shape index (κ3) is 5.16. The number of ether oxygens (including phenoxy) is 1. The first kappa shape index (κ1) is 15.1. The van der Waals surface area contributed by atoms with E-state index in [9.17, 15) is 8.42 Å². The maximum absolute atomic E-state index is 11.4. The van der Waals surface area contributed by atoms with Gasteiger partial charge in [-0.3, -0.25) is 0 Å². The molecule has 6 nitrogen and oxygen atoms in total. The molecule has 0 aliphatic rings. The van der Waals surface area contributed by atoms with Crippen molar-refractivity contribution in [2.45, 2.75) is 20.0 Å². The Balaban J connectivity index is 2.45. The zero-order valence-electron chi connectivity index (χ0n) is 10.9. The molecule has 0 aromatic carbocycles. The Hall–Kier alpha value is -0.920. The average Bonchev–Trinajstić information content (AvgIpc) is 2.80. The standard InChI is InChI=1S/C11H21N3O3S/c1-3-18(15,16)9-7-14-6-4-13-11(14)10-12-5-8-17-2/h4,6,12H,3,5,7-10H2,1-2H3. The van der Waals surface area contributed by atoms with Crippen LogP contribution in [-0.2, 0) is 27.7 Å². The van der Waals surface area contributed by atoms with Gasteiger partial charge in [-0.2, -0.15) is 0 Å². The molecule has 0 unspecified atom stereocenters. The number of imidazole rings is 1. The molecule has 1 aromatic heterocycles. The first-order chi connectivity index (χ1) is 8.59. The van der Waals surface area contributed by atoms with Crippen molar-refractivity contribution in [3.05, 3.63) is 18.2 Å². The summed E-state index contributed by atoms with van der Waals surface area (Å²) in [5.74, 6) is 1.19. The van der Waals surface area contributed by atoms with Gasteiger partial charge >= 0.3 is 0 Å². The molecule has 1 heterocycles. The van der Waals surface area contributed by atoms with Crippen molar-refractivity contribution in [3.8, 4) is 0 Å². The summed E-state index contributed by atoms with van der Waals surface area (Å²) in [6.07, 6.45) is 3.49. The molecule has 0 fully saturated rings. The van der Waals surface area contributed by atoms with Crippen LogP contribution in [0.25, 0.3) is 0 Å². The highest BCUT2D eigenvalue weighted by atomic mass is 32.2. The number of hydrogen-bond donors (Lipinski definition) is 1. The average molecular weight is 275 g/mol. The Morgan fingerprint density at radius 2 is 2.28 bits per heavy atom. The van der Waals surface area contributed by atoms with Crippen molar-refractivity contribution in [1.82, 2.24) is 14.9 Å². The lowest BCUT2D eigenvalue weighted by atomic mass is 10.5. The van der Waals surface area contributed by atoms with E-state index in [-0.39, 0.29) is 11.5 Å². The van der Waals surface area contributed by atoms with Crippen LogP contribution in [0, 0.1) is 0 Å². The smallest absolute Gasteiger partial charge is 0.151 e. The minimum absolute atomic E-state index is 0.158. The van der Waals surface area contributed by atoms with Gasteiger partial charge < -0.3 is 14.6 Å². The number of rotatable bonds is 9. The van der Waals surface area contributed by atoms with Crippen LogP contribution < -0.4 is 5.32 Å². The van der Waals surface area contributed by atoms with Crippen molar-refractivity contribution in [2.24, 2.45) is 0 Å². The zero-order valence-corrected chi connectivity index (χ0v) is 11.7. The van der Waals surface area contributed by atoms with Gasteiger partial charge in [0.05, 0.1) is 18.9 Å². The Morgan fingerprint density at radius 1 is 1.50 bits per heavy atom. The fraction of sp³-hybridized carbons (Fsp3) is 0.727. The maximum Gasteiger partial charge on any atom is 0.151 e. The quantitative estimate of drug-likeness (QED) is 0.645. The van der Waals surface area contributed by atoms with Gasteiger partial charge in [0.1, 0.15) is 5.82 Å². The second kappa shape index (κ2) is 7.50. The molecule has 0 saturated carbocycles. The summed E-state index contributed by atoms with van der Waals surface area (Å²) in [6.45, 7) is 4.12. The summed E-state index contributed by atoms with van der Waals surface area (Å²) in [7, 11) is -1.28. The molecule has 1 aromatic rings. The number of sulfone groups is 1. The van der Waals surface area contributed by atoms with Crippen molar-refractivity contribution in [1.29, 1.82) is 0 Å². The fourth-order valence-corrected chi connectivity index (χ4v) is 2.23. The Kier molecular flexibility index (Phi) is 6.31. The number of aryl methyl sites for hydroxylation is 1. The van der Waals surface area contributed by atoms with Crippen LogP contribution >= 0.6 is 0 Å². The third-order valence-corrected chi connectivity index (χ3v) is 4.34. The van der Waals surface area contributed by atoms with Gasteiger partial charge in [0.2, 0.25) is 0 Å². The van der Waals surface area contributed by atoms with Crippen LogP contribution in [0.15, 0.2) is 12.4 Å². The Morgan fingerprint density at radius 3 is 2.94 bits per heavy atom. The van der Waals surface area contributed by atoms with E-state index in [0.29, 0.717) is 19.7 Å². The maximum atomic E-state index is 11.4. The van der Waals surface area contributed by atoms with E-state index in [1.807, 2.05) is 4.57 Å². The second-order valence-corrected chi connectivity index (χ2v) is 6.42. The van der Waals surface area contributed by atoms with Gasteiger partial charge in [-0.1, -0.05) is 6.92 Å². The predicted molar refractivity (Wildman–Crippen MR) is 70.1 cm³/mol. The molecule has 0 amide bonds. The summed E-state index contributed by atoms with van der Waals surface area (Å²) in [5, 5.41) is 3.18. The van der Waals surface area contributed by atoms with E-state index in [0.717, 1.165) is 12.4 Å². The molecule has 104 valence electrons. The van der Waals surface area contributed by atoms with E-state index in [2.05, 4.69) is 10.3 Å². The molecule has 0 bridgehead atoms. The molecule has 0 atom stereocenters. The van der Waals surface area contributed by atoms with E-state index in [1.165, 1.54) is 0 Å². The van der Waals surface area contributed by atoms with Crippen LogP contribution in [0.2, 0.25) is 0 Å². The molecule has 0 radical (unpaired) electrons. The Labute approximate surface area is 108 Å². The molecular formula is C11H21N3O3S. The van der Waals surface area contributed by atoms with Gasteiger partial charge in [-0.05, 0) is 0 Å². The summed E-state index contributed by atoms with van der Waals surface area (Å²) in [5.41, 5.74) is 0. The summed E-state index contributed by atoms with van der Waals surface area (Å²) >= 11 is 0. The van der Waals surface area contributed by atoms with Gasteiger partial charge in [0.15, 0.2) is 9.84 Å². The molecule has 0 saturated heterocycles. The van der Waals surface area contributed by atoms with Crippen molar-refractivity contribution in [2.75, 3.05) is 31.8 Å². The van der Waals surface area contributed by atoms with Gasteiger partial charge in [-0.15, -0.1) is 0 Å². The normalized spacial score (nSPS) is 11.9. The molecule has 0 aliphatic carbocycles. The molecule has 1 rings (SSSR count). The topological polar surface area (TPSA) is 73.2 Å². The van der Waals surface area contributed by atoms with Gasteiger partial charge in [-0.25, -0.2) is 13.4 Å². The van der Waals surface area contributed by atoms with E-state index >= 15 is 0 Å². The fourth-order valence-electron chi connectivity index (χ4n) is 1.47. The van der Waals surface area contributed by atoms with Crippen molar-refractivity contribution < 1.29 is 13.2 Å². The summed E-state index contributed by atoms with van der Waals surface area (Å²) in [4.78, 5) is 4.21. The highest BCUT2D eigenvalue weighted by Gasteiger charge is 2.09. The highest BCUT2D eigenvalue weighted by Crippen LogP contribution is 2.00. The van der Waals surface area contributed by atoms with Crippen LogP contribution in [-0.4, -0.2) is 49.7 Å². The third-order valence-electron chi connectivity index (χ3n) is 2.65. The Bertz CT molecular complexity index is 442. The summed E-state index contributed by atoms with van der Waals surface area (Å²) in [6, 6.07) is 0.